The fourth-order valence-electron chi connectivity index (χ4n) is 1.77. The molecule has 0 aliphatic rings. The van der Waals surface area contributed by atoms with Crippen LogP contribution < -0.4 is 9.47 Å². The minimum absolute atomic E-state index is 0.414. The fourth-order valence-corrected chi connectivity index (χ4v) is 2.68. The molecule has 0 saturated carbocycles. The summed E-state index contributed by atoms with van der Waals surface area (Å²) in [6, 6.07) is 5.69. The Hall–Kier alpha value is -1.01. The molecule has 6 heteroatoms. The average Bonchev–Trinajstić information content (AvgIpc) is 2.62. The first-order chi connectivity index (χ1) is 9.04. The van der Waals surface area contributed by atoms with Gasteiger partial charge < -0.3 is 9.47 Å². The number of ether oxygens (including phenoxy) is 2. The van der Waals surface area contributed by atoms with Gasteiger partial charge in [0.05, 0.1) is 27.4 Å². The molecule has 0 unspecified atom stereocenters. The number of aromatic nitrogens is 2. The molecule has 0 aliphatic carbocycles. The number of para-hydroxylation sites is 1. The number of methoxy groups -OCH3 is 1. The highest BCUT2D eigenvalue weighted by molar-refractivity contribution is 9.10. The lowest BCUT2D eigenvalue weighted by molar-refractivity contribution is 0.273. The zero-order chi connectivity index (χ0) is 14.0. The molecule has 2 rings (SSSR count). The summed E-state index contributed by atoms with van der Waals surface area (Å²) in [4.78, 5) is 0. The van der Waals surface area contributed by atoms with Gasteiger partial charge >= 0.3 is 0 Å². The third-order valence-electron chi connectivity index (χ3n) is 2.77. The second kappa shape index (κ2) is 5.96. The number of rotatable bonds is 4. The van der Waals surface area contributed by atoms with Crippen LogP contribution in [0.2, 0.25) is 0 Å². The summed E-state index contributed by atoms with van der Waals surface area (Å²) < 4.78 is 14.8. The van der Waals surface area contributed by atoms with Crippen molar-refractivity contribution < 1.29 is 9.47 Å². The summed E-state index contributed by atoms with van der Waals surface area (Å²) >= 11 is 6.99. The van der Waals surface area contributed by atoms with Crippen molar-refractivity contribution in [2.75, 3.05) is 7.11 Å². The lowest BCUT2D eigenvalue weighted by Crippen LogP contribution is -2.04. The summed E-state index contributed by atoms with van der Waals surface area (Å²) in [5, 5.41) is 4.33. The molecule has 2 aromatic rings. The second-order valence-electron chi connectivity index (χ2n) is 4.03. The summed E-state index contributed by atoms with van der Waals surface area (Å²) in [6.45, 7) is 2.36. The van der Waals surface area contributed by atoms with Crippen molar-refractivity contribution >= 4 is 31.9 Å². The molecule has 1 heterocycles. The highest BCUT2D eigenvalue weighted by Crippen LogP contribution is 2.35. The van der Waals surface area contributed by atoms with Crippen LogP contribution in [-0.4, -0.2) is 16.9 Å². The second-order valence-corrected chi connectivity index (χ2v) is 5.68. The minimum atomic E-state index is 0.414. The number of benzene rings is 1. The van der Waals surface area contributed by atoms with E-state index in [4.69, 9.17) is 9.47 Å². The molecular weight excluding hydrogens is 376 g/mol. The van der Waals surface area contributed by atoms with Gasteiger partial charge in [0, 0.05) is 7.05 Å². The first-order valence-electron chi connectivity index (χ1n) is 5.68. The molecule has 0 amide bonds. The number of nitrogens with zero attached hydrogens (tertiary/aromatic N) is 2. The van der Waals surface area contributed by atoms with Crippen LogP contribution >= 0.6 is 31.9 Å². The van der Waals surface area contributed by atoms with Crippen LogP contribution in [0.1, 0.15) is 11.4 Å². The van der Waals surface area contributed by atoms with Crippen molar-refractivity contribution in [1.29, 1.82) is 0 Å². The number of halogens is 2. The Morgan fingerprint density at radius 3 is 2.63 bits per heavy atom. The van der Waals surface area contributed by atoms with Crippen LogP contribution in [0.5, 0.6) is 11.5 Å². The molecule has 0 N–H and O–H groups in total. The highest BCUT2D eigenvalue weighted by Gasteiger charge is 2.14. The van der Waals surface area contributed by atoms with Crippen LogP contribution in [0.4, 0.5) is 0 Å². The molecule has 0 radical (unpaired) electrons. The van der Waals surface area contributed by atoms with Crippen molar-refractivity contribution in [2.45, 2.75) is 13.5 Å². The molecule has 0 spiro atoms. The Morgan fingerprint density at radius 1 is 1.32 bits per heavy atom. The van der Waals surface area contributed by atoms with Crippen LogP contribution in [0, 0.1) is 6.92 Å². The Bertz CT molecular complexity index is 597. The molecule has 0 saturated heterocycles. The van der Waals surface area contributed by atoms with Crippen molar-refractivity contribution in [3.63, 3.8) is 0 Å². The van der Waals surface area contributed by atoms with Crippen LogP contribution in [0.15, 0.2) is 27.1 Å². The maximum atomic E-state index is 5.86. The third kappa shape index (κ3) is 2.95. The van der Waals surface area contributed by atoms with E-state index < -0.39 is 0 Å². The summed E-state index contributed by atoms with van der Waals surface area (Å²) in [6.07, 6.45) is 0. The number of aryl methyl sites for hydroxylation is 2. The molecule has 0 aliphatic heterocycles. The normalized spacial score (nSPS) is 10.6. The Morgan fingerprint density at radius 2 is 2.05 bits per heavy atom. The maximum absolute atomic E-state index is 5.86. The Balaban J connectivity index is 2.24. The van der Waals surface area contributed by atoms with Gasteiger partial charge in [0.15, 0.2) is 11.5 Å². The molecule has 19 heavy (non-hydrogen) atoms. The summed E-state index contributed by atoms with van der Waals surface area (Å²) in [5.41, 5.74) is 1.93. The third-order valence-corrected chi connectivity index (χ3v) is 4.42. The number of hydrogen-bond donors (Lipinski definition) is 0. The first kappa shape index (κ1) is 14.4. The quantitative estimate of drug-likeness (QED) is 0.796. The van der Waals surface area contributed by atoms with Gasteiger partial charge in [-0.05, 0) is 50.9 Å². The van der Waals surface area contributed by atoms with Gasteiger partial charge in [-0.25, -0.2) is 0 Å². The van der Waals surface area contributed by atoms with Crippen molar-refractivity contribution in [3.8, 4) is 11.5 Å². The zero-order valence-electron chi connectivity index (χ0n) is 10.9. The predicted octanol–water partition coefficient (Wildman–Crippen LogP) is 3.84. The maximum Gasteiger partial charge on any atom is 0.175 e. The molecule has 0 bridgehead atoms. The minimum Gasteiger partial charge on any atom is -0.493 e. The SMILES string of the molecule is COc1cccc(Br)c1OCc1c(Br)c(C)nn1C. The van der Waals surface area contributed by atoms with Crippen molar-refractivity contribution in [1.82, 2.24) is 9.78 Å². The zero-order valence-corrected chi connectivity index (χ0v) is 14.1. The molecule has 0 atom stereocenters. The smallest absolute Gasteiger partial charge is 0.175 e. The van der Waals surface area contributed by atoms with Gasteiger partial charge in [-0.1, -0.05) is 6.07 Å². The van der Waals surface area contributed by atoms with Crippen LogP contribution in [-0.2, 0) is 13.7 Å². The number of hydrogen-bond acceptors (Lipinski definition) is 3. The summed E-state index contributed by atoms with van der Waals surface area (Å²) in [5.74, 6) is 1.39. The Labute approximate surface area is 129 Å². The van der Waals surface area contributed by atoms with E-state index in [9.17, 15) is 0 Å². The van der Waals surface area contributed by atoms with E-state index in [1.807, 2.05) is 36.9 Å². The lowest BCUT2D eigenvalue weighted by atomic mass is 10.3. The topological polar surface area (TPSA) is 36.3 Å². The molecule has 1 aromatic carbocycles. The van der Waals surface area contributed by atoms with Crippen LogP contribution in [0.25, 0.3) is 0 Å². The van der Waals surface area contributed by atoms with Gasteiger partial charge in [0.25, 0.3) is 0 Å². The van der Waals surface area contributed by atoms with E-state index in [2.05, 4.69) is 37.0 Å². The molecular formula is C13H14Br2N2O2. The monoisotopic (exact) mass is 388 g/mol. The van der Waals surface area contributed by atoms with E-state index in [1.165, 1.54) is 0 Å². The molecule has 102 valence electrons. The van der Waals surface area contributed by atoms with E-state index >= 15 is 0 Å². The largest absolute Gasteiger partial charge is 0.493 e. The van der Waals surface area contributed by atoms with Gasteiger partial charge in [-0.3, -0.25) is 4.68 Å². The van der Waals surface area contributed by atoms with Crippen LogP contribution in [0.3, 0.4) is 0 Å². The van der Waals surface area contributed by atoms with Gasteiger partial charge in [0.1, 0.15) is 6.61 Å². The van der Waals surface area contributed by atoms with E-state index in [-0.39, 0.29) is 0 Å². The van der Waals surface area contributed by atoms with Crippen molar-refractivity contribution in [3.05, 3.63) is 38.5 Å². The standard InChI is InChI=1S/C13H14Br2N2O2/c1-8-12(15)10(17(2)16-8)7-19-13-9(14)5-4-6-11(13)18-3/h4-6H,7H2,1-3H3. The lowest BCUT2D eigenvalue weighted by Gasteiger charge is -2.12. The first-order valence-corrected chi connectivity index (χ1v) is 7.26. The van der Waals surface area contributed by atoms with Gasteiger partial charge in [-0.2, -0.15) is 5.10 Å². The predicted molar refractivity (Wildman–Crippen MR) is 80.7 cm³/mol. The van der Waals surface area contributed by atoms with Crippen molar-refractivity contribution in [2.24, 2.45) is 7.05 Å². The Kier molecular flexibility index (Phi) is 4.52. The summed E-state index contributed by atoms with van der Waals surface area (Å²) in [7, 11) is 3.52. The van der Waals surface area contributed by atoms with E-state index in [0.29, 0.717) is 18.1 Å². The molecule has 1 aromatic heterocycles. The van der Waals surface area contributed by atoms with Gasteiger partial charge in [0.2, 0.25) is 0 Å². The van der Waals surface area contributed by atoms with E-state index in [0.717, 1.165) is 20.3 Å². The fraction of sp³-hybridized carbons (Fsp3) is 0.308. The highest BCUT2D eigenvalue weighted by atomic mass is 79.9. The molecule has 0 fully saturated rings. The average molecular weight is 390 g/mol. The molecule has 4 nitrogen and oxygen atoms in total. The van der Waals surface area contributed by atoms with E-state index in [1.54, 1.807) is 7.11 Å². The van der Waals surface area contributed by atoms with Gasteiger partial charge in [-0.15, -0.1) is 0 Å².